The van der Waals surface area contributed by atoms with Crippen molar-refractivity contribution < 1.29 is 14.3 Å². The van der Waals surface area contributed by atoms with E-state index in [1.165, 1.54) is 6.92 Å². The van der Waals surface area contributed by atoms with Gasteiger partial charge in [-0.05, 0) is 49.2 Å². The van der Waals surface area contributed by atoms with E-state index < -0.39 is 0 Å². The number of rotatable bonds is 8. The number of benzene rings is 2. The molecule has 160 valence electrons. The Morgan fingerprint density at radius 3 is 2.33 bits per heavy atom. The zero-order chi connectivity index (χ0) is 21.3. The SMILES string of the molecule is CCC(=O)N(c1ccccc1)C1CCN(CCOc2ccc(NC(C)=O)cc2)CC1. The van der Waals surface area contributed by atoms with Gasteiger partial charge in [-0.1, -0.05) is 25.1 Å². The third-order valence-corrected chi connectivity index (χ3v) is 5.38. The first-order chi connectivity index (χ1) is 14.6. The van der Waals surface area contributed by atoms with Crippen LogP contribution in [0.3, 0.4) is 0 Å². The Bertz CT molecular complexity index is 815. The molecule has 0 aromatic heterocycles. The summed E-state index contributed by atoms with van der Waals surface area (Å²) in [5.74, 6) is 0.895. The molecular formula is C24H31N3O3. The molecule has 3 rings (SSSR count). The lowest BCUT2D eigenvalue weighted by molar-refractivity contribution is -0.119. The van der Waals surface area contributed by atoms with Crippen molar-refractivity contribution >= 4 is 23.2 Å². The smallest absolute Gasteiger partial charge is 0.226 e. The number of amides is 2. The van der Waals surface area contributed by atoms with E-state index in [-0.39, 0.29) is 17.9 Å². The molecular weight excluding hydrogens is 378 g/mol. The van der Waals surface area contributed by atoms with Crippen molar-refractivity contribution in [1.82, 2.24) is 4.90 Å². The van der Waals surface area contributed by atoms with Crippen LogP contribution in [0.1, 0.15) is 33.1 Å². The largest absolute Gasteiger partial charge is 0.492 e. The number of hydrogen-bond donors (Lipinski definition) is 1. The molecule has 1 aliphatic rings. The topological polar surface area (TPSA) is 61.9 Å². The molecule has 1 aliphatic heterocycles. The molecule has 0 aliphatic carbocycles. The first-order valence-electron chi connectivity index (χ1n) is 10.7. The van der Waals surface area contributed by atoms with Crippen LogP contribution in [0.4, 0.5) is 11.4 Å². The van der Waals surface area contributed by atoms with Crippen LogP contribution in [0.15, 0.2) is 54.6 Å². The first-order valence-corrected chi connectivity index (χ1v) is 10.7. The molecule has 0 atom stereocenters. The maximum atomic E-state index is 12.6. The minimum absolute atomic E-state index is 0.0847. The summed E-state index contributed by atoms with van der Waals surface area (Å²) in [7, 11) is 0. The second kappa shape index (κ2) is 10.8. The number of ether oxygens (including phenoxy) is 1. The van der Waals surface area contributed by atoms with Crippen molar-refractivity contribution in [1.29, 1.82) is 0 Å². The summed E-state index contributed by atoms with van der Waals surface area (Å²) >= 11 is 0. The third-order valence-electron chi connectivity index (χ3n) is 5.38. The first kappa shape index (κ1) is 21.8. The highest BCUT2D eigenvalue weighted by Gasteiger charge is 2.28. The maximum absolute atomic E-state index is 12.6. The summed E-state index contributed by atoms with van der Waals surface area (Å²) in [5, 5.41) is 2.75. The third kappa shape index (κ3) is 6.07. The number of hydrogen-bond acceptors (Lipinski definition) is 4. The van der Waals surface area contributed by atoms with E-state index in [0.717, 1.165) is 49.6 Å². The number of carbonyl (C=O) groups is 2. The highest BCUT2D eigenvalue weighted by atomic mass is 16.5. The van der Waals surface area contributed by atoms with Gasteiger partial charge in [0, 0.05) is 50.4 Å². The van der Waals surface area contributed by atoms with Crippen molar-refractivity contribution in [3.63, 3.8) is 0 Å². The van der Waals surface area contributed by atoms with Gasteiger partial charge in [-0.2, -0.15) is 0 Å². The van der Waals surface area contributed by atoms with E-state index in [4.69, 9.17) is 4.74 Å². The maximum Gasteiger partial charge on any atom is 0.226 e. The Kier molecular flexibility index (Phi) is 7.85. The standard InChI is InChI=1S/C24H31N3O3/c1-3-24(29)27(21-7-5-4-6-8-21)22-13-15-26(16-14-22)17-18-30-23-11-9-20(10-12-23)25-19(2)28/h4-12,22H,3,13-18H2,1-2H3,(H,25,28). The number of likely N-dealkylation sites (tertiary alicyclic amines) is 1. The highest BCUT2D eigenvalue weighted by molar-refractivity contribution is 5.93. The predicted molar refractivity (Wildman–Crippen MR) is 120 cm³/mol. The van der Waals surface area contributed by atoms with Crippen molar-refractivity contribution in [2.24, 2.45) is 0 Å². The lowest BCUT2D eigenvalue weighted by Gasteiger charge is -2.38. The van der Waals surface area contributed by atoms with Gasteiger partial charge in [-0.3, -0.25) is 14.5 Å². The second-order valence-corrected chi connectivity index (χ2v) is 7.58. The van der Waals surface area contributed by atoms with E-state index in [9.17, 15) is 9.59 Å². The number of nitrogens with one attached hydrogen (secondary N) is 1. The average molecular weight is 410 g/mol. The monoisotopic (exact) mass is 409 g/mol. The molecule has 0 unspecified atom stereocenters. The van der Waals surface area contributed by atoms with Crippen molar-refractivity contribution in [2.45, 2.75) is 39.2 Å². The van der Waals surface area contributed by atoms with Gasteiger partial charge in [0.2, 0.25) is 11.8 Å². The summed E-state index contributed by atoms with van der Waals surface area (Å²) in [6.07, 6.45) is 2.45. The van der Waals surface area contributed by atoms with E-state index in [0.29, 0.717) is 13.0 Å². The minimum atomic E-state index is -0.0847. The molecule has 0 radical (unpaired) electrons. The Balaban J connectivity index is 1.46. The lowest BCUT2D eigenvalue weighted by atomic mass is 10.0. The van der Waals surface area contributed by atoms with E-state index >= 15 is 0 Å². The second-order valence-electron chi connectivity index (χ2n) is 7.58. The molecule has 2 aromatic rings. The fourth-order valence-corrected chi connectivity index (χ4v) is 3.85. The molecule has 1 saturated heterocycles. The van der Waals surface area contributed by atoms with Gasteiger partial charge < -0.3 is 15.0 Å². The Labute approximate surface area is 178 Å². The van der Waals surface area contributed by atoms with Crippen molar-refractivity contribution in [2.75, 3.05) is 36.5 Å². The summed E-state index contributed by atoms with van der Waals surface area (Å²) in [5.41, 5.74) is 1.76. The highest BCUT2D eigenvalue weighted by Crippen LogP contribution is 2.24. The molecule has 30 heavy (non-hydrogen) atoms. The normalized spacial score (nSPS) is 14.9. The van der Waals surface area contributed by atoms with E-state index in [2.05, 4.69) is 10.2 Å². The van der Waals surface area contributed by atoms with Gasteiger partial charge in [0.25, 0.3) is 0 Å². The zero-order valence-corrected chi connectivity index (χ0v) is 17.8. The number of para-hydroxylation sites is 1. The predicted octanol–water partition coefficient (Wildman–Crippen LogP) is 3.93. The average Bonchev–Trinajstić information content (AvgIpc) is 2.76. The van der Waals surface area contributed by atoms with Crippen LogP contribution in [0.5, 0.6) is 5.75 Å². The van der Waals surface area contributed by atoms with E-state index in [1.807, 2.05) is 66.4 Å². The molecule has 1 N–H and O–H groups in total. The molecule has 0 bridgehead atoms. The molecule has 2 amide bonds. The number of carbonyl (C=O) groups excluding carboxylic acids is 2. The Morgan fingerprint density at radius 1 is 1.07 bits per heavy atom. The summed E-state index contributed by atoms with van der Waals surface area (Å²) in [6, 6.07) is 17.6. The van der Waals surface area contributed by atoms with Crippen LogP contribution >= 0.6 is 0 Å². The van der Waals surface area contributed by atoms with Crippen LogP contribution in [0, 0.1) is 0 Å². The number of nitrogens with zero attached hydrogens (tertiary/aromatic N) is 2. The molecule has 1 heterocycles. The summed E-state index contributed by atoms with van der Waals surface area (Å²) in [4.78, 5) is 28.0. The quantitative estimate of drug-likeness (QED) is 0.718. The molecule has 1 fully saturated rings. The van der Waals surface area contributed by atoms with Gasteiger partial charge in [0.15, 0.2) is 0 Å². The minimum Gasteiger partial charge on any atom is -0.492 e. The Morgan fingerprint density at radius 2 is 1.73 bits per heavy atom. The van der Waals surface area contributed by atoms with E-state index in [1.54, 1.807) is 0 Å². The Hall–Kier alpha value is -2.86. The summed E-state index contributed by atoms with van der Waals surface area (Å²) < 4.78 is 5.85. The van der Waals surface area contributed by atoms with Gasteiger partial charge in [-0.15, -0.1) is 0 Å². The van der Waals surface area contributed by atoms with Crippen molar-refractivity contribution in [3.05, 3.63) is 54.6 Å². The molecule has 6 nitrogen and oxygen atoms in total. The zero-order valence-electron chi connectivity index (χ0n) is 17.8. The van der Waals surface area contributed by atoms with Crippen LogP contribution in [-0.4, -0.2) is 49.0 Å². The van der Waals surface area contributed by atoms with Gasteiger partial charge >= 0.3 is 0 Å². The molecule has 0 saturated carbocycles. The fourth-order valence-electron chi connectivity index (χ4n) is 3.85. The number of anilines is 2. The van der Waals surface area contributed by atoms with Gasteiger partial charge in [0.1, 0.15) is 12.4 Å². The van der Waals surface area contributed by atoms with Gasteiger partial charge in [-0.25, -0.2) is 0 Å². The van der Waals surface area contributed by atoms with Crippen LogP contribution in [0.25, 0.3) is 0 Å². The van der Waals surface area contributed by atoms with Crippen LogP contribution < -0.4 is 15.0 Å². The van der Waals surface area contributed by atoms with Gasteiger partial charge in [0.05, 0.1) is 0 Å². The lowest BCUT2D eigenvalue weighted by Crippen LogP contribution is -2.48. The molecule has 6 heteroatoms. The van der Waals surface area contributed by atoms with Crippen LogP contribution in [-0.2, 0) is 9.59 Å². The fraction of sp³-hybridized carbons (Fsp3) is 0.417. The summed E-state index contributed by atoms with van der Waals surface area (Å²) in [6.45, 7) is 6.79. The van der Waals surface area contributed by atoms with Crippen LogP contribution in [0.2, 0.25) is 0 Å². The molecule has 0 spiro atoms. The van der Waals surface area contributed by atoms with Crippen molar-refractivity contribution in [3.8, 4) is 5.75 Å². The number of piperidine rings is 1. The molecule has 2 aromatic carbocycles.